The number of rotatable bonds is 4. The molecule has 0 radical (unpaired) electrons. The summed E-state index contributed by atoms with van der Waals surface area (Å²) in [7, 11) is 0. The Morgan fingerprint density at radius 3 is 2.05 bits per heavy atom. The smallest absolute Gasteiger partial charge is 0.138 e. The van der Waals surface area contributed by atoms with Crippen LogP contribution in [0, 0.1) is 0 Å². The lowest BCUT2D eigenvalue weighted by atomic mass is 9.73. The number of pyridine rings is 2. The van der Waals surface area contributed by atoms with Crippen LogP contribution in [0.4, 0.5) is 17.2 Å². The van der Waals surface area contributed by atoms with E-state index in [1.54, 1.807) is 0 Å². The molecule has 1 atom stereocenters. The van der Waals surface area contributed by atoms with Crippen molar-refractivity contribution in [3.05, 3.63) is 193 Å². The van der Waals surface area contributed by atoms with Gasteiger partial charge in [0.25, 0.3) is 0 Å². The molecule has 9 aromatic rings. The van der Waals surface area contributed by atoms with Crippen LogP contribution < -0.4 is 4.90 Å². The van der Waals surface area contributed by atoms with Crippen LogP contribution in [0.1, 0.15) is 42.9 Å². The predicted molar refractivity (Wildman–Crippen MR) is 229 cm³/mol. The second-order valence-corrected chi connectivity index (χ2v) is 15.4. The van der Waals surface area contributed by atoms with E-state index in [2.05, 4.69) is 199 Å². The van der Waals surface area contributed by atoms with Crippen LogP contribution in [0.15, 0.2) is 176 Å². The molecule has 0 fully saturated rings. The van der Waals surface area contributed by atoms with E-state index in [1.807, 2.05) is 0 Å². The van der Waals surface area contributed by atoms with Crippen molar-refractivity contribution in [2.75, 3.05) is 4.90 Å². The molecule has 11 rings (SSSR count). The minimum absolute atomic E-state index is 0.270. The summed E-state index contributed by atoms with van der Waals surface area (Å²) >= 11 is 0. The lowest BCUT2D eigenvalue weighted by Crippen LogP contribution is -2.31. The molecule has 0 N–H and O–H groups in total. The lowest BCUT2D eigenvalue weighted by Gasteiger charge is -2.41. The van der Waals surface area contributed by atoms with Crippen LogP contribution in [0.3, 0.4) is 0 Å². The highest BCUT2D eigenvalue weighted by molar-refractivity contribution is 6.12. The van der Waals surface area contributed by atoms with Crippen molar-refractivity contribution in [2.24, 2.45) is 0 Å². The number of allylic oxidation sites excluding steroid dienone is 4. The van der Waals surface area contributed by atoms with E-state index in [0.717, 1.165) is 56.9 Å². The van der Waals surface area contributed by atoms with Crippen LogP contribution in [0.2, 0.25) is 0 Å². The molecule has 1 aliphatic heterocycles. The Kier molecular flexibility index (Phi) is 6.99. The Morgan fingerprint density at radius 1 is 0.545 bits per heavy atom. The minimum Gasteiger partial charge on any atom is -0.294 e. The molecule has 4 nitrogen and oxygen atoms in total. The Bertz CT molecular complexity index is 3060. The maximum atomic E-state index is 5.43. The number of hydrogen-bond acceptors (Lipinski definition) is 3. The number of para-hydroxylation sites is 4. The Hall–Kier alpha value is -6.78. The van der Waals surface area contributed by atoms with Gasteiger partial charge in [-0.25, -0.2) is 9.97 Å². The van der Waals surface area contributed by atoms with Gasteiger partial charge >= 0.3 is 0 Å². The van der Waals surface area contributed by atoms with Gasteiger partial charge in [0.2, 0.25) is 0 Å². The highest BCUT2D eigenvalue weighted by Gasteiger charge is 2.38. The average molecular weight is 707 g/mol. The highest BCUT2D eigenvalue weighted by atomic mass is 15.2. The predicted octanol–water partition coefficient (Wildman–Crippen LogP) is 13.3. The van der Waals surface area contributed by atoms with E-state index in [4.69, 9.17) is 9.97 Å². The largest absolute Gasteiger partial charge is 0.294 e. The van der Waals surface area contributed by atoms with Crippen LogP contribution >= 0.6 is 0 Å². The zero-order chi connectivity index (χ0) is 36.7. The second-order valence-electron chi connectivity index (χ2n) is 15.4. The van der Waals surface area contributed by atoms with E-state index < -0.39 is 0 Å². The first-order chi connectivity index (χ1) is 27.0. The van der Waals surface area contributed by atoms with Crippen LogP contribution in [-0.2, 0) is 5.41 Å². The summed E-state index contributed by atoms with van der Waals surface area (Å²) in [6.45, 7) is 4.72. The summed E-state index contributed by atoms with van der Waals surface area (Å²) in [5.74, 6) is 2.11. The van der Waals surface area contributed by atoms with Crippen molar-refractivity contribution >= 4 is 60.8 Å². The molecule has 1 aliphatic carbocycles. The normalized spacial score (nSPS) is 15.9. The van der Waals surface area contributed by atoms with E-state index in [-0.39, 0.29) is 11.3 Å². The molecule has 0 bridgehead atoms. The van der Waals surface area contributed by atoms with E-state index in [9.17, 15) is 0 Å². The van der Waals surface area contributed by atoms with Gasteiger partial charge in [-0.05, 0) is 82.8 Å². The van der Waals surface area contributed by atoms with Crippen molar-refractivity contribution in [3.8, 4) is 16.9 Å². The Balaban J connectivity index is 1.22. The fourth-order valence-corrected chi connectivity index (χ4v) is 9.21. The van der Waals surface area contributed by atoms with Crippen molar-refractivity contribution in [3.63, 3.8) is 0 Å². The molecule has 3 aromatic heterocycles. The van der Waals surface area contributed by atoms with Gasteiger partial charge in [-0.1, -0.05) is 141 Å². The van der Waals surface area contributed by atoms with Crippen molar-refractivity contribution in [1.82, 2.24) is 14.5 Å². The maximum absolute atomic E-state index is 5.43. The number of aromatic nitrogens is 3. The molecule has 55 heavy (non-hydrogen) atoms. The molecule has 262 valence electrons. The monoisotopic (exact) mass is 706 g/mol. The fourth-order valence-electron chi connectivity index (χ4n) is 9.21. The standard InChI is InChI=1S/C51H38N4/c1-51(2)41-24-12-16-28-46(41)55(50-31-39(34-19-7-4-8-20-34)36-22-10-14-26-44(36)53-50)48-32-47-40(29-42(48)51)37-23-11-15-27-45(37)54(47)49-30-38(33-17-5-3-6-18-33)35-21-9-13-25-43(35)52-49/h3-17,19-33H,18H2,1-2H3. The molecule has 1 unspecified atom stereocenters. The first-order valence-corrected chi connectivity index (χ1v) is 19.2. The van der Waals surface area contributed by atoms with Crippen molar-refractivity contribution in [1.29, 1.82) is 0 Å². The molecule has 0 saturated carbocycles. The van der Waals surface area contributed by atoms with Crippen molar-refractivity contribution in [2.45, 2.75) is 31.6 Å². The quantitative estimate of drug-likeness (QED) is 0.183. The number of fused-ring (bicyclic) bond motifs is 7. The van der Waals surface area contributed by atoms with E-state index >= 15 is 0 Å². The number of benzene rings is 6. The summed E-state index contributed by atoms with van der Waals surface area (Å²) in [5.41, 5.74) is 12.4. The fraction of sp³-hybridized carbons (Fsp3) is 0.0980. The molecule has 0 saturated heterocycles. The third kappa shape index (κ3) is 4.84. The molecule has 6 aromatic carbocycles. The van der Waals surface area contributed by atoms with Crippen LogP contribution in [-0.4, -0.2) is 14.5 Å². The van der Waals surface area contributed by atoms with Crippen molar-refractivity contribution < 1.29 is 0 Å². The first kappa shape index (κ1) is 31.7. The second kappa shape index (κ2) is 12.1. The third-order valence-corrected chi connectivity index (χ3v) is 11.9. The summed E-state index contributed by atoms with van der Waals surface area (Å²) in [5, 5.41) is 4.78. The molecular weight excluding hydrogens is 669 g/mol. The molecule has 2 aliphatic rings. The van der Waals surface area contributed by atoms with Gasteiger partial charge in [0.15, 0.2) is 0 Å². The van der Waals surface area contributed by atoms with E-state index in [1.165, 1.54) is 44.0 Å². The Morgan fingerprint density at radius 2 is 1.24 bits per heavy atom. The maximum Gasteiger partial charge on any atom is 0.138 e. The van der Waals surface area contributed by atoms with Gasteiger partial charge in [-0.2, -0.15) is 0 Å². The number of hydrogen-bond donors (Lipinski definition) is 0. The molecule has 4 heterocycles. The topological polar surface area (TPSA) is 34.0 Å². The molecular formula is C51H38N4. The highest BCUT2D eigenvalue weighted by Crippen LogP contribution is 2.54. The summed E-state index contributed by atoms with van der Waals surface area (Å²) in [6.07, 6.45) is 9.89. The van der Waals surface area contributed by atoms with Gasteiger partial charge in [-0.3, -0.25) is 9.47 Å². The average Bonchev–Trinajstić information content (AvgIpc) is 3.56. The van der Waals surface area contributed by atoms with Gasteiger partial charge in [0.05, 0.1) is 33.4 Å². The molecule has 0 amide bonds. The first-order valence-electron chi connectivity index (χ1n) is 19.2. The molecule has 4 heteroatoms. The molecule has 0 spiro atoms. The summed E-state index contributed by atoms with van der Waals surface area (Å²) in [6, 6.07) is 54.9. The third-order valence-electron chi connectivity index (χ3n) is 11.9. The SMILES string of the molecule is CC1(C)c2ccccc2N(c2cc(-c3ccccc3)c3ccccc3n2)c2cc3c(cc21)c1ccccc1n3-c1cc(C2C=CC=CC2)c2ccccc2n1. The lowest BCUT2D eigenvalue weighted by molar-refractivity contribution is 0.632. The van der Waals surface area contributed by atoms with Gasteiger partial charge in [0.1, 0.15) is 11.6 Å². The minimum atomic E-state index is -0.270. The Labute approximate surface area is 320 Å². The number of anilines is 3. The van der Waals surface area contributed by atoms with Gasteiger partial charge < -0.3 is 0 Å². The number of nitrogens with zero attached hydrogens (tertiary/aromatic N) is 4. The van der Waals surface area contributed by atoms with Crippen LogP contribution in [0.5, 0.6) is 0 Å². The van der Waals surface area contributed by atoms with Crippen LogP contribution in [0.25, 0.3) is 60.6 Å². The summed E-state index contributed by atoms with van der Waals surface area (Å²) in [4.78, 5) is 13.2. The van der Waals surface area contributed by atoms with Gasteiger partial charge in [0, 0.05) is 32.9 Å². The zero-order valence-corrected chi connectivity index (χ0v) is 30.8. The van der Waals surface area contributed by atoms with E-state index in [0.29, 0.717) is 0 Å². The van der Waals surface area contributed by atoms with Gasteiger partial charge in [-0.15, -0.1) is 0 Å². The summed E-state index contributed by atoms with van der Waals surface area (Å²) < 4.78 is 2.39. The zero-order valence-electron chi connectivity index (χ0n) is 30.8.